The molecule has 0 aliphatic carbocycles. The summed E-state index contributed by atoms with van der Waals surface area (Å²) < 4.78 is 0. The maximum atomic E-state index is 4.53. The number of aromatic nitrogens is 3. The first-order chi connectivity index (χ1) is 11.2. The van der Waals surface area contributed by atoms with Gasteiger partial charge in [0.25, 0.3) is 0 Å². The molecule has 0 saturated carbocycles. The molecule has 3 aromatic rings. The van der Waals surface area contributed by atoms with Crippen molar-refractivity contribution in [3.05, 3.63) is 72.3 Å². The van der Waals surface area contributed by atoms with Crippen LogP contribution in [0.5, 0.6) is 0 Å². The van der Waals surface area contributed by atoms with E-state index in [1.807, 2.05) is 48.8 Å². The predicted molar refractivity (Wildman–Crippen MR) is 92.7 cm³/mol. The maximum Gasteiger partial charge on any atom is 0.137 e. The number of hydrogen-bond donors (Lipinski definition) is 2. The standard InChI is InChI=1S/C19H22N4/c1-14(2)18(21-12-16-10-6-7-11-20-16)17-13-22-19(23-17)15-8-4-3-5-9-15/h3-11,13-14,18,21H,12H2,1-2H3,(H,22,23)/t18-/m0/s1. The number of benzene rings is 1. The largest absolute Gasteiger partial charge is 0.341 e. The van der Waals surface area contributed by atoms with Gasteiger partial charge in [-0.15, -0.1) is 0 Å². The summed E-state index contributed by atoms with van der Waals surface area (Å²) in [5.74, 6) is 1.36. The van der Waals surface area contributed by atoms with Crippen LogP contribution in [0.2, 0.25) is 0 Å². The van der Waals surface area contributed by atoms with Crippen LogP contribution in [0.1, 0.15) is 31.3 Å². The first-order valence-electron chi connectivity index (χ1n) is 7.97. The Morgan fingerprint density at radius 2 is 1.78 bits per heavy atom. The fourth-order valence-electron chi connectivity index (χ4n) is 2.66. The van der Waals surface area contributed by atoms with Crippen molar-refractivity contribution in [3.63, 3.8) is 0 Å². The molecule has 23 heavy (non-hydrogen) atoms. The van der Waals surface area contributed by atoms with Gasteiger partial charge < -0.3 is 10.3 Å². The first-order valence-corrected chi connectivity index (χ1v) is 7.97. The van der Waals surface area contributed by atoms with E-state index in [-0.39, 0.29) is 6.04 Å². The molecule has 0 radical (unpaired) electrons. The molecule has 2 heterocycles. The Balaban J connectivity index is 1.75. The van der Waals surface area contributed by atoms with E-state index in [4.69, 9.17) is 0 Å². The normalized spacial score (nSPS) is 12.5. The van der Waals surface area contributed by atoms with Crippen molar-refractivity contribution in [3.8, 4) is 11.4 Å². The average Bonchev–Trinajstić information content (AvgIpc) is 3.06. The van der Waals surface area contributed by atoms with Gasteiger partial charge >= 0.3 is 0 Å². The minimum Gasteiger partial charge on any atom is -0.341 e. The van der Waals surface area contributed by atoms with Crippen LogP contribution in [-0.4, -0.2) is 15.0 Å². The fourth-order valence-corrected chi connectivity index (χ4v) is 2.66. The summed E-state index contributed by atoms with van der Waals surface area (Å²) >= 11 is 0. The van der Waals surface area contributed by atoms with Crippen LogP contribution in [0.25, 0.3) is 11.4 Å². The maximum absolute atomic E-state index is 4.53. The number of aromatic amines is 1. The van der Waals surface area contributed by atoms with Crippen molar-refractivity contribution in [1.82, 2.24) is 20.3 Å². The van der Waals surface area contributed by atoms with Crippen LogP contribution in [0.4, 0.5) is 0 Å². The molecule has 0 saturated heterocycles. The van der Waals surface area contributed by atoms with E-state index < -0.39 is 0 Å². The molecule has 1 aromatic carbocycles. The molecule has 3 rings (SSSR count). The number of nitrogens with zero attached hydrogens (tertiary/aromatic N) is 2. The van der Waals surface area contributed by atoms with Gasteiger partial charge in [0.1, 0.15) is 5.82 Å². The highest BCUT2D eigenvalue weighted by atomic mass is 15.0. The molecule has 0 aliphatic rings. The molecule has 118 valence electrons. The molecule has 0 unspecified atom stereocenters. The Labute approximate surface area is 137 Å². The topological polar surface area (TPSA) is 53.6 Å². The average molecular weight is 306 g/mol. The quantitative estimate of drug-likeness (QED) is 0.725. The lowest BCUT2D eigenvalue weighted by Gasteiger charge is -2.21. The summed E-state index contributed by atoms with van der Waals surface area (Å²) in [7, 11) is 0. The second-order valence-corrected chi connectivity index (χ2v) is 5.98. The van der Waals surface area contributed by atoms with Crippen molar-refractivity contribution in [2.75, 3.05) is 0 Å². The zero-order chi connectivity index (χ0) is 16.1. The second kappa shape index (κ2) is 7.20. The zero-order valence-corrected chi connectivity index (χ0v) is 13.5. The van der Waals surface area contributed by atoms with Crippen molar-refractivity contribution < 1.29 is 0 Å². The lowest BCUT2D eigenvalue weighted by Crippen LogP contribution is -2.26. The SMILES string of the molecule is CC(C)[C@H](NCc1ccccn1)c1cnc(-c2ccccc2)[nH]1. The van der Waals surface area contributed by atoms with E-state index in [9.17, 15) is 0 Å². The molecule has 0 spiro atoms. The number of hydrogen-bond acceptors (Lipinski definition) is 3. The van der Waals surface area contributed by atoms with Gasteiger partial charge in [0.05, 0.1) is 23.6 Å². The van der Waals surface area contributed by atoms with Crippen molar-refractivity contribution >= 4 is 0 Å². The molecule has 2 aromatic heterocycles. The minimum absolute atomic E-state index is 0.210. The number of pyridine rings is 1. The monoisotopic (exact) mass is 306 g/mol. The summed E-state index contributed by atoms with van der Waals surface area (Å²) in [6, 6.07) is 16.4. The van der Waals surface area contributed by atoms with E-state index in [2.05, 4.69) is 46.2 Å². The van der Waals surface area contributed by atoms with Crippen molar-refractivity contribution in [2.45, 2.75) is 26.4 Å². The van der Waals surface area contributed by atoms with Gasteiger partial charge in [-0.05, 0) is 18.1 Å². The highest BCUT2D eigenvalue weighted by Gasteiger charge is 2.18. The molecular formula is C19H22N4. The number of nitrogens with one attached hydrogen (secondary N) is 2. The molecule has 0 fully saturated rings. The molecule has 4 nitrogen and oxygen atoms in total. The third kappa shape index (κ3) is 3.85. The second-order valence-electron chi connectivity index (χ2n) is 5.98. The van der Waals surface area contributed by atoms with Gasteiger partial charge in [-0.3, -0.25) is 4.98 Å². The summed E-state index contributed by atoms with van der Waals surface area (Å²) in [5, 5.41) is 3.58. The van der Waals surface area contributed by atoms with E-state index in [0.29, 0.717) is 5.92 Å². The van der Waals surface area contributed by atoms with Gasteiger partial charge in [-0.1, -0.05) is 50.2 Å². The van der Waals surface area contributed by atoms with Gasteiger partial charge in [0, 0.05) is 18.3 Å². The summed E-state index contributed by atoms with van der Waals surface area (Å²) in [4.78, 5) is 12.4. The molecule has 4 heteroatoms. The third-order valence-corrected chi connectivity index (χ3v) is 3.87. The van der Waals surface area contributed by atoms with E-state index in [1.165, 1.54) is 0 Å². The third-order valence-electron chi connectivity index (χ3n) is 3.87. The van der Waals surface area contributed by atoms with Crippen LogP contribution >= 0.6 is 0 Å². The summed E-state index contributed by atoms with van der Waals surface area (Å²) in [6.07, 6.45) is 3.75. The van der Waals surface area contributed by atoms with E-state index in [1.54, 1.807) is 0 Å². The van der Waals surface area contributed by atoms with Gasteiger partial charge in [0.2, 0.25) is 0 Å². The smallest absolute Gasteiger partial charge is 0.137 e. The Bertz CT molecular complexity index is 719. The van der Waals surface area contributed by atoms with Gasteiger partial charge in [-0.2, -0.15) is 0 Å². The van der Waals surface area contributed by atoms with Crippen molar-refractivity contribution in [1.29, 1.82) is 0 Å². The Kier molecular flexibility index (Phi) is 4.83. The van der Waals surface area contributed by atoms with Crippen LogP contribution < -0.4 is 5.32 Å². The first kappa shape index (κ1) is 15.4. The summed E-state index contributed by atoms with van der Waals surface area (Å²) in [6.45, 7) is 5.15. The van der Waals surface area contributed by atoms with Gasteiger partial charge in [0.15, 0.2) is 0 Å². The van der Waals surface area contributed by atoms with E-state index in [0.717, 1.165) is 29.3 Å². The molecule has 2 N–H and O–H groups in total. The Morgan fingerprint density at radius 1 is 1.00 bits per heavy atom. The van der Waals surface area contributed by atoms with Crippen LogP contribution in [0.15, 0.2) is 60.9 Å². The lowest BCUT2D eigenvalue weighted by atomic mass is 10.0. The van der Waals surface area contributed by atoms with E-state index >= 15 is 0 Å². The zero-order valence-electron chi connectivity index (χ0n) is 13.5. The van der Waals surface area contributed by atoms with Gasteiger partial charge in [-0.25, -0.2) is 4.98 Å². The number of rotatable bonds is 6. The van der Waals surface area contributed by atoms with Crippen LogP contribution in [-0.2, 0) is 6.54 Å². The fraction of sp³-hybridized carbons (Fsp3) is 0.263. The summed E-state index contributed by atoms with van der Waals surface area (Å²) in [5.41, 5.74) is 3.25. The Morgan fingerprint density at radius 3 is 2.48 bits per heavy atom. The molecule has 0 aliphatic heterocycles. The highest BCUT2D eigenvalue weighted by molar-refractivity contribution is 5.54. The minimum atomic E-state index is 0.210. The highest BCUT2D eigenvalue weighted by Crippen LogP contribution is 2.23. The Hall–Kier alpha value is -2.46. The van der Waals surface area contributed by atoms with Crippen LogP contribution in [0.3, 0.4) is 0 Å². The molecular weight excluding hydrogens is 284 g/mol. The lowest BCUT2D eigenvalue weighted by molar-refractivity contribution is 0.401. The number of imidazole rings is 1. The molecule has 0 amide bonds. The predicted octanol–water partition coefficient (Wildman–Crippen LogP) is 3.96. The van der Waals surface area contributed by atoms with Crippen LogP contribution in [0, 0.1) is 5.92 Å². The molecule has 0 bridgehead atoms. The number of H-pyrrole nitrogens is 1. The molecule has 1 atom stereocenters. The van der Waals surface area contributed by atoms with Crippen molar-refractivity contribution in [2.24, 2.45) is 5.92 Å².